The molecule has 200 valence electrons. The number of thioether (sulfide) groups is 2. The Labute approximate surface area is 235 Å². The van der Waals surface area contributed by atoms with Crippen molar-refractivity contribution in [2.45, 2.75) is 42.0 Å². The van der Waals surface area contributed by atoms with E-state index in [2.05, 4.69) is 41.7 Å². The summed E-state index contributed by atoms with van der Waals surface area (Å²) < 4.78 is 39.2. The molecule has 1 heterocycles. The lowest BCUT2D eigenvalue weighted by molar-refractivity contribution is -0.137. The molecule has 0 spiro atoms. The van der Waals surface area contributed by atoms with Gasteiger partial charge in [-0.2, -0.15) is 13.2 Å². The van der Waals surface area contributed by atoms with Crippen LogP contribution >= 0.6 is 23.5 Å². The van der Waals surface area contributed by atoms with Crippen molar-refractivity contribution in [3.05, 3.63) is 130 Å². The van der Waals surface area contributed by atoms with Gasteiger partial charge >= 0.3 is 6.18 Å². The number of halogens is 3. The van der Waals surface area contributed by atoms with E-state index in [9.17, 15) is 18.3 Å². The van der Waals surface area contributed by atoms with Crippen molar-refractivity contribution in [3.8, 4) is 16.9 Å². The third kappa shape index (κ3) is 6.48. The zero-order valence-electron chi connectivity index (χ0n) is 21.5. The maximum atomic E-state index is 13.1. The van der Waals surface area contributed by atoms with Gasteiger partial charge in [-0.3, -0.25) is 0 Å². The van der Waals surface area contributed by atoms with E-state index in [0.29, 0.717) is 0 Å². The summed E-state index contributed by atoms with van der Waals surface area (Å²) in [6.07, 6.45) is -3.57. The molecule has 5 rings (SSSR count). The SMILES string of the molecule is CC1=C(C(Cc2ccc(-c3ccccc3)cc2)Sc2ccc(O)c(C)c2)SC(c2ccc(C(F)(F)F)cc2)N1. The maximum Gasteiger partial charge on any atom is 0.416 e. The molecule has 0 fully saturated rings. The molecule has 39 heavy (non-hydrogen) atoms. The summed E-state index contributed by atoms with van der Waals surface area (Å²) in [5, 5.41) is 13.4. The van der Waals surface area contributed by atoms with Crippen molar-refractivity contribution in [2.24, 2.45) is 0 Å². The van der Waals surface area contributed by atoms with E-state index in [1.54, 1.807) is 41.7 Å². The Kier molecular flexibility index (Phi) is 8.01. The van der Waals surface area contributed by atoms with Crippen LogP contribution < -0.4 is 5.32 Å². The van der Waals surface area contributed by atoms with E-state index < -0.39 is 11.7 Å². The van der Waals surface area contributed by atoms with Crippen molar-refractivity contribution in [2.75, 3.05) is 0 Å². The molecule has 4 aromatic carbocycles. The number of alkyl halides is 3. The number of aryl methyl sites for hydroxylation is 1. The molecular formula is C32H28F3NOS2. The first-order valence-electron chi connectivity index (χ1n) is 12.6. The molecule has 4 aromatic rings. The van der Waals surface area contributed by atoms with Crippen LogP contribution in [0.15, 0.2) is 113 Å². The van der Waals surface area contributed by atoms with Crippen molar-refractivity contribution in [1.82, 2.24) is 5.32 Å². The molecule has 1 aliphatic heterocycles. The Bertz CT molecular complexity index is 1470. The number of nitrogens with one attached hydrogen (secondary N) is 1. The van der Waals surface area contributed by atoms with Gasteiger partial charge in [0, 0.05) is 20.7 Å². The van der Waals surface area contributed by atoms with E-state index in [1.807, 2.05) is 44.2 Å². The summed E-state index contributed by atoms with van der Waals surface area (Å²) in [4.78, 5) is 2.22. The average molecular weight is 564 g/mol. The number of phenols is 1. The summed E-state index contributed by atoms with van der Waals surface area (Å²) in [6.45, 7) is 3.91. The normalized spacial score (nSPS) is 16.3. The second-order valence-corrected chi connectivity index (χ2v) is 12.0. The molecule has 7 heteroatoms. The first-order chi connectivity index (χ1) is 18.7. The smallest absolute Gasteiger partial charge is 0.416 e. The van der Waals surface area contributed by atoms with Crippen molar-refractivity contribution >= 4 is 23.5 Å². The number of phenolic OH excluding ortho intramolecular Hbond substituents is 1. The quantitative estimate of drug-likeness (QED) is 0.220. The van der Waals surface area contributed by atoms with Gasteiger partial charge in [0.2, 0.25) is 0 Å². The second-order valence-electron chi connectivity index (χ2n) is 9.57. The summed E-state index contributed by atoms with van der Waals surface area (Å²) in [6, 6.07) is 29.9. The molecule has 0 saturated heterocycles. The lowest BCUT2D eigenvalue weighted by Gasteiger charge is -2.20. The maximum absolute atomic E-state index is 13.1. The molecule has 2 nitrogen and oxygen atoms in total. The number of benzene rings is 4. The monoisotopic (exact) mass is 563 g/mol. The minimum absolute atomic E-state index is 0.0773. The van der Waals surface area contributed by atoms with Crippen LogP contribution in [0.5, 0.6) is 5.75 Å². The van der Waals surface area contributed by atoms with Crippen LogP contribution in [0.25, 0.3) is 11.1 Å². The summed E-state index contributed by atoms with van der Waals surface area (Å²) in [5.41, 5.74) is 5.53. The van der Waals surface area contributed by atoms with Crippen LogP contribution in [0, 0.1) is 6.92 Å². The molecule has 2 unspecified atom stereocenters. The van der Waals surface area contributed by atoms with Gasteiger partial charge in [0.25, 0.3) is 0 Å². The van der Waals surface area contributed by atoms with Gasteiger partial charge in [-0.1, -0.05) is 78.5 Å². The van der Waals surface area contributed by atoms with E-state index in [-0.39, 0.29) is 16.4 Å². The Balaban J connectivity index is 1.39. The van der Waals surface area contributed by atoms with Crippen LogP contribution in [-0.2, 0) is 12.6 Å². The Morgan fingerprint density at radius 1 is 0.872 bits per heavy atom. The fraction of sp³-hybridized carbons (Fsp3) is 0.188. The summed E-state index contributed by atoms with van der Waals surface area (Å²) >= 11 is 3.39. The van der Waals surface area contributed by atoms with Gasteiger partial charge in [-0.15, -0.1) is 11.8 Å². The third-order valence-electron chi connectivity index (χ3n) is 6.72. The molecule has 0 saturated carbocycles. The lowest BCUT2D eigenvalue weighted by Crippen LogP contribution is -2.12. The van der Waals surface area contributed by atoms with E-state index >= 15 is 0 Å². The Hall–Kier alpha value is -3.29. The lowest BCUT2D eigenvalue weighted by atomic mass is 10.0. The molecule has 0 aromatic heterocycles. The zero-order chi connectivity index (χ0) is 27.6. The first-order valence-corrected chi connectivity index (χ1v) is 14.3. The van der Waals surface area contributed by atoms with Gasteiger partial charge in [0.1, 0.15) is 11.1 Å². The minimum atomic E-state index is -4.35. The Morgan fingerprint density at radius 3 is 2.18 bits per heavy atom. The molecule has 0 radical (unpaired) electrons. The summed E-state index contributed by atoms with van der Waals surface area (Å²) in [5.74, 6) is 0.266. The van der Waals surface area contributed by atoms with Gasteiger partial charge in [-0.05, 0) is 78.4 Å². The highest BCUT2D eigenvalue weighted by atomic mass is 32.2. The molecule has 1 aliphatic rings. The standard InChI is InChI=1S/C32H28F3NOS2/c1-20-18-27(16-17-28(20)37)38-29(19-22-8-10-24(11-9-22)23-6-4-3-5-7-23)30-21(2)36-31(39-30)25-12-14-26(15-13-25)32(33,34)35/h3-18,29,31,36-37H,19H2,1-2H3. The fourth-order valence-electron chi connectivity index (χ4n) is 4.56. The van der Waals surface area contributed by atoms with Crippen molar-refractivity contribution < 1.29 is 18.3 Å². The van der Waals surface area contributed by atoms with E-state index in [1.165, 1.54) is 16.0 Å². The van der Waals surface area contributed by atoms with Crippen molar-refractivity contribution in [3.63, 3.8) is 0 Å². The highest BCUT2D eigenvalue weighted by Gasteiger charge is 2.32. The predicted octanol–water partition coefficient (Wildman–Crippen LogP) is 9.36. The number of rotatable bonds is 7. The topological polar surface area (TPSA) is 32.3 Å². The zero-order valence-corrected chi connectivity index (χ0v) is 23.1. The molecule has 0 aliphatic carbocycles. The minimum Gasteiger partial charge on any atom is -0.508 e. The van der Waals surface area contributed by atoms with Gasteiger partial charge < -0.3 is 10.4 Å². The molecular weight excluding hydrogens is 535 g/mol. The van der Waals surface area contributed by atoms with Crippen LogP contribution in [0.3, 0.4) is 0 Å². The molecule has 2 atom stereocenters. The van der Waals surface area contributed by atoms with Crippen LogP contribution in [0.1, 0.15) is 34.6 Å². The van der Waals surface area contributed by atoms with Crippen LogP contribution in [0.4, 0.5) is 13.2 Å². The summed E-state index contributed by atoms with van der Waals surface area (Å²) in [7, 11) is 0. The largest absolute Gasteiger partial charge is 0.508 e. The fourth-order valence-corrected chi connectivity index (χ4v) is 7.40. The molecule has 0 amide bonds. The second kappa shape index (κ2) is 11.4. The predicted molar refractivity (Wildman–Crippen MR) is 156 cm³/mol. The highest BCUT2D eigenvalue weighted by Crippen LogP contribution is 2.47. The molecule has 0 bridgehead atoms. The highest BCUT2D eigenvalue weighted by molar-refractivity contribution is 8.06. The van der Waals surface area contributed by atoms with Gasteiger partial charge in [-0.25, -0.2) is 0 Å². The van der Waals surface area contributed by atoms with Crippen LogP contribution in [-0.4, -0.2) is 10.4 Å². The van der Waals surface area contributed by atoms with Gasteiger partial charge in [0.05, 0.1) is 5.56 Å². The number of hydrogen-bond donors (Lipinski definition) is 2. The van der Waals surface area contributed by atoms with Crippen LogP contribution in [0.2, 0.25) is 0 Å². The number of hydrogen-bond acceptors (Lipinski definition) is 4. The number of allylic oxidation sites excluding steroid dienone is 1. The number of aromatic hydroxyl groups is 1. The molecule has 2 N–H and O–H groups in total. The third-order valence-corrected chi connectivity index (χ3v) is 9.56. The van der Waals surface area contributed by atoms with E-state index in [0.717, 1.165) is 45.8 Å². The average Bonchev–Trinajstić information content (AvgIpc) is 3.32. The van der Waals surface area contributed by atoms with Crippen molar-refractivity contribution in [1.29, 1.82) is 0 Å². The van der Waals surface area contributed by atoms with Gasteiger partial charge in [0.15, 0.2) is 0 Å². The Morgan fingerprint density at radius 2 is 1.54 bits per heavy atom. The van der Waals surface area contributed by atoms with E-state index in [4.69, 9.17) is 0 Å². The first kappa shape index (κ1) is 27.3.